The largest absolute Gasteiger partial charge is 0.478 e. The summed E-state index contributed by atoms with van der Waals surface area (Å²) in [5.41, 5.74) is 0.196. The van der Waals surface area contributed by atoms with E-state index in [-0.39, 0.29) is 22.5 Å². The van der Waals surface area contributed by atoms with E-state index in [0.717, 1.165) is 0 Å². The molecular formula is C19H13N3O5. The highest BCUT2D eigenvalue weighted by Crippen LogP contribution is 2.19. The van der Waals surface area contributed by atoms with Gasteiger partial charge in [0.25, 0.3) is 11.6 Å². The summed E-state index contributed by atoms with van der Waals surface area (Å²) < 4.78 is 0. The lowest BCUT2D eigenvalue weighted by molar-refractivity contribution is -0.385. The second-order valence-corrected chi connectivity index (χ2v) is 5.21. The Bertz CT molecular complexity index is 1000. The van der Waals surface area contributed by atoms with Crippen LogP contribution < -0.4 is 5.32 Å². The lowest BCUT2D eigenvalue weighted by Crippen LogP contribution is -2.13. The first kappa shape index (κ1) is 19.1. The third-order valence-corrected chi connectivity index (χ3v) is 3.40. The van der Waals surface area contributed by atoms with Gasteiger partial charge in [0.1, 0.15) is 11.6 Å². The topological polar surface area (TPSA) is 133 Å². The molecule has 0 fully saturated rings. The van der Waals surface area contributed by atoms with Gasteiger partial charge in [0, 0.05) is 11.8 Å². The van der Waals surface area contributed by atoms with Crippen LogP contribution in [-0.2, 0) is 4.79 Å². The van der Waals surface area contributed by atoms with Gasteiger partial charge in [-0.15, -0.1) is 0 Å². The van der Waals surface area contributed by atoms with Crippen LogP contribution in [0, 0.1) is 21.4 Å². The Morgan fingerprint density at radius 3 is 2.59 bits per heavy atom. The summed E-state index contributed by atoms with van der Waals surface area (Å²) in [4.78, 5) is 33.5. The molecule has 0 heterocycles. The van der Waals surface area contributed by atoms with Crippen LogP contribution in [0.5, 0.6) is 0 Å². The summed E-state index contributed by atoms with van der Waals surface area (Å²) in [5.74, 6) is -1.87. The highest BCUT2D eigenvalue weighted by molar-refractivity contribution is 6.07. The number of carboxylic acid groups (broad SMARTS) is 1. The van der Waals surface area contributed by atoms with Crippen molar-refractivity contribution in [3.8, 4) is 6.07 Å². The lowest BCUT2D eigenvalue weighted by atomic mass is 10.1. The number of benzene rings is 2. The van der Waals surface area contributed by atoms with Crippen molar-refractivity contribution in [1.29, 1.82) is 5.26 Å². The number of nitrogens with one attached hydrogen (secondary N) is 1. The maximum absolute atomic E-state index is 12.2. The predicted molar refractivity (Wildman–Crippen MR) is 97.9 cm³/mol. The second kappa shape index (κ2) is 8.73. The minimum atomic E-state index is -1.14. The van der Waals surface area contributed by atoms with Gasteiger partial charge in [0.2, 0.25) is 0 Å². The number of para-hydroxylation sites is 1. The SMILES string of the molecule is N#CC(=CC=Cc1ccccc1[N+](=O)[O-])C(=O)Nc1cccc(C(=O)O)c1. The summed E-state index contributed by atoms with van der Waals surface area (Å²) in [5, 5.41) is 31.5. The molecule has 0 radical (unpaired) electrons. The number of aromatic carboxylic acids is 1. The Kier molecular flexibility index (Phi) is 6.17. The molecule has 2 N–H and O–H groups in total. The number of carboxylic acids is 1. The van der Waals surface area contributed by atoms with Crippen molar-refractivity contribution in [1.82, 2.24) is 0 Å². The van der Waals surface area contributed by atoms with Crippen LogP contribution in [0.25, 0.3) is 6.08 Å². The van der Waals surface area contributed by atoms with E-state index in [9.17, 15) is 19.7 Å². The number of anilines is 1. The number of amides is 1. The molecular weight excluding hydrogens is 350 g/mol. The normalized spacial score (nSPS) is 11.0. The molecule has 8 heteroatoms. The number of carbonyl (C=O) groups excluding carboxylic acids is 1. The van der Waals surface area contributed by atoms with Gasteiger partial charge in [-0.05, 0) is 36.4 Å². The van der Waals surface area contributed by atoms with Crippen LogP contribution in [0.3, 0.4) is 0 Å². The van der Waals surface area contributed by atoms with Crippen molar-refractivity contribution >= 4 is 29.3 Å². The highest BCUT2D eigenvalue weighted by atomic mass is 16.6. The number of nitrogens with zero attached hydrogens (tertiary/aromatic N) is 2. The zero-order valence-electron chi connectivity index (χ0n) is 13.8. The quantitative estimate of drug-likeness (QED) is 0.266. The molecule has 1 amide bonds. The van der Waals surface area contributed by atoms with Gasteiger partial charge in [-0.3, -0.25) is 14.9 Å². The van der Waals surface area contributed by atoms with E-state index >= 15 is 0 Å². The fourth-order valence-corrected chi connectivity index (χ4v) is 2.13. The number of hydrogen-bond donors (Lipinski definition) is 2. The molecule has 27 heavy (non-hydrogen) atoms. The molecule has 0 unspecified atom stereocenters. The summed E-state index contributed by atoms with van der Waals surface area (Å²) in [7, 11) is 0. The minimum Gasteiger partial charge on any atom is -0.478 e. The molecule has 0 aliphatic rings. The minimum absolute atomic E-state index is 0.00781. The first-order valence-electron chi connectivity index (χ1n) is 7.59. The fraction of sp³-hybridized carbons (Fsp3) is 0. The number of nitro groups is 1. The van der Waals surface area contributed by atoms with E-state index in [1.165, 1.54) is 60.7 Å². The van der Waals surface area contributed by atoms with Crippen LogP contribution in [-0.4, -0.2) is 21.9 Å². The molecule has 134 valence electrons. The Labute approximate surface area is 153 Å². The molecule has 2 aromatic rings. The number of rotatable bonds is 6. The van der Waals surface area contributed by atoms with E-state index in [0.29, 0.717) is 5.56 Å². The average Bonchev–Trinajstić information content (AvgIpc) is 2.65. The van der Waals surface area contributed by atoms with Crippen molar-refractivity contribution in [3.05, 3.63) is 87.5 Å². The molecule has 2 rings (SSSR count). The van der Waals surface area contributed by atoms with Crippen molar-refractivity contribution < 1.29 is 19.6 Å². The second-order valence-electron chi connectivity index (χ2n) is 5.21. The Morgan fingerprint density at radius 2 is 1.93 bits per heavy atom. The first-order chi connectivity index (χ1) is 12.9. The number of carbonyl (C=O) groups is 2. The standard InChI is InChI=1S/C19H13N3O5/c20-12-15(8-3-6-13-5-1-2-10-17(13)22(26)27)18(23)21-16-9-4-7-14(11-16)19(24)25/h1-11H,(H,21,23)(H,24,25). The van der Waals surface area contributed by atoms with Gasteiger partial charge in [0.05, 0.1) is 16.1 Å². The third-order valence-electron chi connectivity index (χ3n) is 3.40. The summed E-state index contributed by atoms with van der Waals surface area (Å²) >= 11 is 0. The zero-order valence-corrected chi connectivity index (χ0v) is 13.8. The number of allylic oxidation sites excluding steroid dienone is 2. The molecule has 0 bridgehead atoms. The Balaban J connectivity index is 2.18. The van der Waals surface area contributed by atoms with Crippen LogP contribution in [0.1, 0.15) is 15.9 Å². The van der Waals surface area contributed by atoms with E-state index < -0.39 is 16.8 Å². The van der Waals surface area contributed by atoms with Crippen LogP contribution in [0.15, 0.2) is 66.3 Å². The van der Waals surface area contributed by atoms with Crippen molar-refractivity contribution in [2.75, 3.05) is 5.32 Å². The summed E-state index contributed by atoms with van der Waals surface area (Å²) in [6, 6.07) is 13.4. The maximum Gasteiger partial charge on any atom is 0.335 e. The molecule has 0 atom stereocenters. The van der Waals surface area contributed by atoms with Gasteiger partial charge >= 0.3 is 5.97 Å². The molecule has 0 spiro atoms. The smallest absolute Gasteiger partial charge is 0.335 e. The van der Waals surface area contributed by atoms with Gasteiger partial charge < -0.3 is 10.4 Å². The van der Waals surface area contributed by atoms with E-state index in [4.69, 9.17) is 10.4 Å². The van der Waals surface area contributed by atoms with E-state index in [2.05, 4.69) is 5.32 Å². The van der Waals surface area contributed by atoms with Crippen molar-refractivity contribution in [2.24, 2.45) is 0 Å². The van der Waals surface area contributed by atoms with Crippen LogP contribution in [0.4, 0.5) is 11.4 Å². The molecule has 0 saturated carbocycles. The lowest BCUT2D eigenvalue weighted by Gasteiger charge is -2.04. The van der Waals surface area contributed by atoms with E-state index in [1.54, 1.807) is 12.1 Å². The molecule has 8 nitrogen and oxygen atoms in total. The Morgan fingerprint density at radius 1 is 1.19 bits per heavy atom. The molecule has 0 saturated heterocycles. The molecule has 0 aromatic heterocycles. The zero-order chi connectivity index (χ0) is 19.8. The number of nitro benzene ring substituents is 1. The fourth-order valence-electron chi connectivity index (χ4n) is 2.13. The molecule has 0 aliphatic heterocycles. The van der Waals surface area contributed by atoms with Gasteiger partial charge in [0.15, 0.2) is 0 Å². The monoisotopic (exact) mass is 363 g/mol. The predicted octanol–water partition coefficient (Wildman–Crippen LogP) is 3.39. The summed E-state index contributed by atoms with van der Waals surface area (Å²) in [6.07, 6.45) is 3.98. The molecule has 2 aromatic carbocycles. The van der Waals surface area contributed by atoms with Crippen LogP contribution >= 0.6 is 0 Å². The molecule has 0 aliphatic carbocycles. The third kappa shape index (κ3) is 5.11. The van der Waals surface area contributed by atoms with Crippen LogP contribution in [0.2, 0.25) is 0 Å². The van der Waals surface area contributed by atoms with Gasteiger partial charge in [-0.1, -0.05) is 24.3 Å². The average molecular weight is 363 g/mol. The van der Waals surface area contributed by atoms with Crippen molar-refractivity contribution in [2.45, 2.75) is 0 Å². The number of nitriles is 1. The maximum atomic E-state index is 12.2. The Hall–Kier alpha value is -4.25. The summed E-state index contributed by atoms with van der Waals surface area (Å²) in [6.45, 7) is 0. The van der Waals surface area contributed by atoms with Gasteiger partial charge in [-0.2, -0.15) is 5.26 Å². The highest BCUT2D eigenvalue weighted by Gasteiger charge is 2.11. The van der Waals surface area contributed by atoms with Crippen molar-refractivity contribution in [3.63, 3.8) is 0 Å². The first-order valence-corrected chi connectivity index (χ1v) is 7.59. The van der Waals surface area contributed by atoms with E-state index in [1.807, 2.05) is 0 Å². The number of hydrogen-bond acceptors (Lipinski definition) is 5. The van der Waals surface area contributed by atoms with Gasteiger partial charge in [-0.25, -0.2) is 4.79 Å².